The number of carbonyl (C=O) groups is 1. The van der Waals surface area contributed by atoms with E-state index in [4.69, 9.17) is 0 Å². The number of hydrogen-bond donors (Lipinski definition) is 0. The predicted molar refractivity (Wildman–Crippen MR) is 61.1 cm³/mol. The molecule has 0 atom stereocenters. The summed E-state index contributed by atoms with van der Waals surface area (Å²) in [4.78, 5) is 16.2. The molecule has 2 nitrogen and oxygen atoms in total. The van der Waals surface area contributed by atoms with Gasteiger partial charge in [-0.05, 0) is 19.1 Å². The van der Waals surface area contributed by atoms with Crippen LogP contribution >= 0.6 is 0 Å². The molecule has 0 bridgehead atoms. The molecule has 0 saturated carbocycles. The topological polar surface area (TPSA) is 30.0 Å². The van der Waals surface area contributed by atoms with E-state index in [2.05, 4.69) is 4.98 Å². The maximum absolute atomic E-state index is 11.8. The Bertz CT molecular complexity index is 517. The van der Waals surface area contributed by atoms with Crippen molar-refractivity contribution in [1.29, 1.82) is 0 Å². The molecular formula is C13H13NO. The van der Waals surface area contributed by atoms with Crippen LogP contribution in [0, 0.1) is 6.92 Å². The molecule has 2 aromatic rings. The van der Waals surface area contributed by atoms with Gasteiger partial charge in [0.1, 0.15) is 0 Å². The van der Waals surface area contributed by atoms with Gasteiger partial charge in [0.2, 0.25) is 0 Å². The van der Waals surface area contributed by atoms with Crippen LogP contribution in [0.3, 0.4) is 0 Å². The van der Waals surface area contributed by atoms with Crippen molar-refractivity contribution < 1.29 is 4.79 Å². The summed E-state index contributed by atoms with van der Waals surface area (Å²) in [5.74, 6) is 0.178. The summed E-state index contributed by atoms with van der Waals surface area (Å²) in [6.45, 7) is 3.80. The Morgan fingerprint density at radius 3 is 2.80 bits per heavy atom. The highest BCUT2D eigenvalue weighted by atomic mass is 16.1. The van der Waals surface area contributed by atoms with Gasteiger partial charge in [0.25, 0.3) is 0 Å². The van der Waals surface area contributed by atoms with Crippen LogP contribution in [0.4, 0.5) is 0 Å². The summed E-state index contributed by atoms with van der Waals surface area (Å²) in [5.41, 5.74) is 2.58. The molecule has 0 aliphatic heterocycles. The zero-order chi connectivity index (χ0) is 10.8. The van der Waals surface area contributed by atoms with E-state index in [1.54, 1.807) is 0 Å². The third-order valence-electron chi connectivity index (χ3n) is 2.47. The first-order valence-electron chi connectivity index (χ1n) is 5.12. The zero-order valence-corrected chi connectivity index (χ0v) is 8.95. The maximum atomic E-state index is 11.8. The van der Waals surface area contributed by atoms with E-state index in [1.165, 1.54) is 0 Å². The number of fused-ring (bicyclic) bond motifs is 1. The number of aromatic nitrogens is 1. The largest absolute Gasteiger partial charge is 0.294 e. The van der Waals surface area contributed by atoms with Crippen molar-refractivity contribution in [2.45, 2.75) is 20.3 Å². The number of pyridine rings is 1. The fourth-order valence-corrected chi connectivity index (χ4v) is 1.73. The number of benzene rings is 1. The molecule has 0 unspecified atom stereocenters. The molecular weight excluding hydrogens is 186 g/mol. The van der Waals surface area contributed by atoms with Crippen molar-refractivity contribution >= 4 is 16.7 Å². The first-order valence-corrected chi connectivity index (χ1v) is 5.12. The van der Waals surface area contributed by atoms with Crippen molar-refractivity contribution in [2.75, 3.05) is 0 Å². The van der Waals surface area contributed by atoms with Gasteiger partial charge in [-0.25, -0.2) is 0 Å². The summed E-state index contributed by atoms with van der Waals surface area (Å²) in [5, 5.41) is 0.954. The molecule has 0 aliphatic rings. The Morgan fingerprint density at radius 2 is 2.07 bits per heavy atom. The number of para-hydroxylation sites is 1. The van der Waals surface area contributed by atoms with Gasteiger partial charge in [0.15, 0.2) is 5.78 Å². The predicted octanol–water partition coefficient (Wildman–Crippen LogP) is 3.14. The van der Waals surface area contributed by atoms with Crippen LogP contribution in [0.2, 0.25) is 0 Å². The van der Waals surface area contributed by atoms with Crippen LogP contribution in [0.15, 0.2) is 30.3 Å². The second kappa shape index (κ2) is 3.81. The SMILES string of the molecule is CCC(=O)c1cc(C)nc2ccccc12. The average molecular weight is 199 g/mol. The van der Waals surface area contributed by atoms with Crippen molar-refractivity contribution in [3.63, 3.8) is 0 Å². The van der Waals surface area contributed by atoms with E-state index < -0.39 is 0 Å². The third-order valence-corrected chi connectivity index (χ3v) is 2.47. The van der Waals surface area contributed by atoms with E-state index in [0.717, 1.165) is 22.2 Å². The number of aryl methyl sites for hydroxylation is 1. The molecule has 1 aromatic heterocycles. The fourth-order valence-electron chi connectivity index (χ4n) is 1.73. The monoisotopic (exact) mass is 199 g/mol. The highest BCUT2D eigenvalue weighted by Crippen LogP contribution is 2.19. The standard InChI is InChI=1S/C13H13NO/c1-3-13(15)11-8-9(2)14-12-7-5-4-6-10(11)12/h4-8H,3H2,1-2H3. The van der Waals surface area contributed by atoms with E-state index >= 15 is 0 Å². The minimum atomic E-state index is 0.178. The van der Waals surface area contributed by atoms with Gasteiger partial charge in [-0.3, -0.25) is 9.78 Å². The fraction of sp³-hybridized carbons (Fsp3) is 0.231. The summed E-state index contributed by atoms with van der Waals surface area (Å²) in [6.07, 6.45) is 0.535. The molecule has 1 aromatic carbocycles. The Kier molecular flexibility index (Phi) is 2.50. The van der Waals surface area contributed by atoms with E-state index in [-0.39, 0.29) is 5.78 Å². The van der Waals surface area contributed by atoms with Gasteiger partial charge in [-0.1, -0.05) is 25.1 Å². The Balaban J connectivity index is 2.76. The molecule has 0 N–H and O–H groups in total. The Morgan fingerprint density at radius 1 is 1.33 bits per heavy atom. The van der Waals surface area contributed by atoms with Crippen molar-refractivity contribution in [3.8, 4) is 0 Å². The van der Waals surface area contributed by atoms with E-state index in [1.807, 2.05) is 44.2 Å². The lowest BCUT2D eigenvalue weighted by molar-refractivity contribution is 0.0989. The number of rotatable bonds is 2. The van der Waals surface area contributed by atoms with Crippen molar-refractivity contribution in [3.05, 3.63) is 41.6 Å². The van der Waals surface area contributed by atoms with Crippen molar-refractivity contribution in [1.82, 2.24) is 4.98 Å². The molecule has 0 saturated heterocycles. The van der Waals surface area contributed by atoms with Crippen molar-refractivity contribution in [2.24, 2.45) is 0 Å². The third kappa shape index (κ3) is 1.75. The highest BCUT2D eigenvalue weighted by Gasteiger charge is 2.09. The zero-order valence-electron chi connectivity index (χ0n) is 8.95. The molecule has 0 fully saturated rings. The Hall–Kier alpha value is -1.70. The van der Waals surface area contributed by atoms with Crippen LogP contribution in [-0.2, 0) is 0 Å². The van der Waals surface area contributed by atoms with Gasteiger partial charge >= 0.3 is 0 Å². The smallest absolute Gasteiger partial charge is 0.163 e. The van der Waals surface area contributed by atoms with Gasteiger partial charge in [-0.15, -0.1) is 0 Å². The number of ketones is 1. The molecule has 2 heteroatoms. The molecule has 15 heavy (non-hydrogen) atoms. The summed E-state index contributed by atoms with van der Waals surface area (Å²) in [6, 6.07) is 9.63. The van der Waals surface area contributed by atoms with Crippen LogP contribution in [0.5, 0.6) is 0 Å². The molecule has 1 heterocycles. The second-order valence-corrected chi connectivity index (χ2v) is 3.61. The lowest BCUT2D eigenvalue weighted by atomic mass is 10.0. The lowest BCUT2D eigenvalue weighted by Gasteiger charge is -2.05. The number of nitrogens with zero attached hydrogens (tertiary/aromatic N) is 1. The van der Waals surface area contributed by atoms with Crippen LogP contribution in [0.25, 0.3) is 10.9 Å². The Labute approximate surface area is 89.0 Å². The first-order chi connectivity index (χ1) is 7.22. The van der Waals surface area contributed by atoms with Crippen LogP contribution in [-0.4, -0.2) is 10.8 Å². The minimum absolute atomic E-state index is 0.178. The summed E-state index contributed by atoms with van der Waals surface area (Å²) < 4.78 is 0. The molecule has 0 aliphatic carbocycles. The molecule has 0 spiro atoms. The number of carbonyl (C=O) groups excluding carboxylic acids is 1. The molecule has 0 amide bonds. The van der Waals surface area contributed by atoms with Crippen LogP contribution < -0.4 is 0 Å². The highest BCUT2D eigenvalue weighted by molar-refractivity contribution is 6.07. The second-order valence-electron chi connectivity index (χ2n) is 3.61. The summed E-state index contributed by atoms with van der Waals surface area (Å²) >= 11 is 0. The number of Topliss-reactive ketones (excluding diaryl/α,β-unsaturated/α-hetero) is 1. The molecule has 0 radical (unpaired) electrons. The molecule has 2 rings (SSSR count). The first kappa shape index (κ1) is 9.84. The van der Waals surface area contributed by atoms with E-state index in [0.29, 0.717) is 6.42 Å². The average Bonchev–Trinajstić information content (AvgIpc) is 2.26. The van der Waals surface area contributed by atoms with E-state index in [9.17, 15) is 4.79 Å². The van der Waals surface area contributed by atoms with Gasteiger partial charge < -0.3 is 0 Å². The lowest BCUT2D eigenvalue weighted by Crippen LogP contribution is -2.00. The maximum Gasteiger partial charge on any atom is 0.163 e. The number of hydrogen-bond acceptors (Lipinski definition) is 2. The quantitative estimate of drug-likeness (QED) is 0.695. The summed E-state index contributed by atoms with van der Waals surface area (Å²) in [7, 11) is 0. The van der Waals surface area contributed by atoms with Gasteiger partial charge in [0.05, 0.1) is 5.52 Å². The molecule has 76 valence electrons. The minimum Gasteiger partial charge on any atom is -0.294 e. The van der Waals surface area contributed by atoms with Crippen LogP contribution in [0.1, 0.15) is 29.4 Å². The van der Waals surface area contributed by atoms with Gasteiger partial charge in [-0.2, -0.15) is 0 Å². The normalized spacial score (nSPS) is 10.5. The van der Waals surface area contributed by atoms with Gasteiger partial charge in [0, 0.05) is 23.1 Å².